The van der Waals surface area contributed by atoms with E-state index < -0.39 is 6.23 Å². The van der Waals surface area contributed by atoms with Crippen LogP contribution in [0.1, 0.15) is 24.8 Å². The van der Waals surface area contributed by atoms with Gasteiger partial charge in [0.1, 0.15) is 17.9 Å². The van der Waals surface area contributed by atoms with Crippen molar-refractivity contribution in [1.82, 2.24) is 24.5 Å². The molecule has 8 heteroatoms. The van der Waals surface area contributed by atoms with E-state index in [0.717, 1.165) is 30.0 Å². The predicted molar refractivity (Wildman–Crippen MR) is 95.7 cm³/mol. The number of carbonyl (C=O) groups is 1. The monoisotopic (exact) mass is 350 g/mol. The van der Waals surface area contributed by atoms with Crippen LogP contribution in [0.3, 0.4) is 0 Å². The van der Waals surface area contributed by atoms with Crippen molar-refractivity contribution in [1.29, 1.82) is 0 Å². The summed E-state index contributed by atoms with van der Waals surface area (Å²) in [6.07, 6.45) is 9.08. The molecule has 0 aromatic carbocycles. The highest BCUT2D eigenvalue weighted by atomic mass is 16.3. The van der Waals surface area contributed by atoms with Crippen molar-refractivity contribution in [3.05, 3.63) is 47.9 Å². The second-order valence-corrected chi connectivity index (χ2v) is 6.71. The Morgan fingerprint density at radius 3 is 2.81 bits per heavy atom. The first-order valence-electron chi connectivity index (χ1n) is 8.65. The summed E-state index contributed by atoms with van der Waals surface area (Å²) in [5.74, 6) is 1.40. The minimum absolute atomic E-state index is 0.255. The molecule has 3 aromatic rings. The molecule has 0 bridgehead atoms. The van der Waals surface area contributed by atoms with E-state index >= 15 is 0 Å². The third-order valence-electron chi connectivity index (χ3n) is 4.62. The molecule has 1 saturated heterocycles. The van der Waals surface area contributed by atoms with Gasteiger partial charge in [0.2, 0.25) is 5.91 Å². The summed E-state index contributed by atoms with van der Waals surface area (Å²) in [6, 6.07) is 6.34. The van der Waals surface area contributed by atoms with Crippen LogP contribution in [0.4, 0.5) is 5.82 Å². The Hall–Kier alpha value is -3.13. The van der Waals surface area contributed by atoms with Crippen LogP contribution < -0.4 is 10.6 Å². The summed E-state index contributed by atoms with van der Waals surface area (Å²) in [5.41, 5.74) is 1.94. The molecule has 1 amide bonds. The molecule has 132 valence electrons. The van der Waals surface area contributed by atoms with Crippen LogP contribution in [-0.2, 0) is 4.79 Å². The number of fused-ring (bicyclic) bond motifs is 1. The summed E-state index contributed by atoms with van der Waals surface area (Å²) in [4.78, 5) is 16.7. The van der Waals surface area contributed by atoms with Gasteiger partial charge >= 0.3 is 0 Å². The molecular weight excluding hydrogens is 332 g/mol. The largest absolute Gasteiger partial charge is 0.373 e. The van der Waals surface area contributed by atoms with E-state index in [-0.39, 0.29) is 12.3 Å². The number of rotatable bonds is 4. The molecular formula is C18H18N6O2. The van der Waals surface area contributed by atoms with Gasteiger partial charge in [-0.1, -0.05) is 0 Å². The van der Waals surface area contributed by atoms with E-state index in [1.807, 2.05) is 35.2 Å². The Kier molecular flexibility index (Phi) is 3.32. The lowest BCUT2D eigenvalue weighted by atomic mass is 10.1. The molecule has 5 rings (SSSR count). The fourth-order valence-electron chi connectivity index (χ4n) is 3.14. The smallest absolute Gasteiger partial charge is 0.249 e. The minimum Gasteiger partial charge on any atom is -0.373 e. The van der Waals surface area contributed by atoms with Gasteiger partial charge in [0.25, 0.3) is 0 Å². The summed E-state index contributed by atoms with van der Waals surface area (Å²) < 4.78 is 3.70. The Bertz CT molecular complexity index is 1020. The van der Waals surface area contributed by atoms with Crippen LogP contribution in [-0.4, -0.2) is 42.4 Å². The van der Waals surface area contributed by atoms with E-state index in [4.69, 9.17) is 4.98 Å². The topological polar surface area (TPSA) is 96.5 Å². The highest BCUT2D eigenvalue weighted by molar-refractivity contribution is 6.00. The lowest BCUT2D eigenvalue weighted by Gasteiger charge is -2.10. The molecule has 8 nitrogen and oxygen atoms in total. The van der Waals surface area contributed by atoms with Gasteiger partial charge in [-0.2, -0.15) is 9.61 Å². The number of aliphatic hydroxyl groups excluding tert-OH is 1. The van der Waals surface area contributed by atoms with Gasteiger partial charge in [0, 0.05) is 42.1 Å². The molecule has 2 fully saturated rings. The van der Waals surface area contributed by atoms with Crippen molar-refractivity contribution in [3.63, 3.8) is 0 Å². The first-order chi connectivity index (χ1) is 12.7. The van der Waals surface area contributed by atoms with E-state index in [9.17, 15) is 9.90 Å². The lowest BCUT2D eigenvalue weighted by molar-refractivity contribution is -0.117. The molecule has 0 spiro atoms. The Labute approximate surface area is 149 Å². The van der Waals surface area contributed by atoms with Crippen LogP contribution >= 0.6 is 0 Å². The van der Waals surface area contributed by atoms with Crippen molar-refractivity contribution in [2.45, 2.75) is 31.5 Å². The summed E-state index contributed by atoms with van der Waals surface area (Å²) in [5, 5.41) is 20.0. The summed E-state index contributed by atoms with van der Waals surface area (Å²) in [6.45, 7) is 0. The van der Waals surface area contributed by atoms with Gasteiger partial charge in [-0.25, -0.2) is 4.98 Å². The van der Waals surface area contributed by atoms with Crippen molar-refractivity contribution >= 4 is 23.4 Å². The average Bonchev–Trinajstić information content (AvgIpc) is 3.01. The quantitative estimate of drug-likeness (QED) is 0.617. The maximum Gasteiger partial charge on any atom is 0.249 e. The zero-order valence-corrected chi connectivity index (χ0v) is 14.0. The highest BCUT2D eigenvalue weighted by Gasteiger charge is 2.26. The Morgan fingerprint density at radius 2 is 2.12 bits per heavy atom. The van der Waals surface area contributed by atoms with Crippen molar-refractivity contribution in [2.24, 2.45) is 0 Å². The van der Waals surface area contributed by atoms with Gasteiger partial charge < -0.3 is 20.3 Å². The average molecular weight is 350 g/mol. The highest BCUT2D eigenvalue weighted by Crippen LogP contribution is 2.27. The van der Waals surface area contributed by atoms with E-state index in [2.05, 4.69) is 15.7 Å². The van der Waals surface area contributed by atoms with Gasteiger partial charge in [0.15, 0.2) is 5.65 Å². The van der Waals surface area contributed by atoms with Gasteiger partial charge in [-0.05, 0) is 31.1 Å². The maximum absolute atomic E-state index is 11.9. The number of carbonyl (C=O) groups excluding carboxylic acids is 1. The van der Waals surface area contributed by atoms with E-state index in [1.165, 1.54) is 0 Å². The van der Waals surface area contributed by atoms with Crippen LogP contribution in [0.15, 0.2) is 42.4 Å². The van der Waals surface area contributed by atoms with E-state index in [1.54, 1.807) is 16.8 Å². The minimum atomic E-state index is -0.828. The first-order valence-corrected chi connectivity index (χ1v) is 8.65. The molecule has 1 unspecified atom stereocenters. The van der Waals surface area contributed by atoms with Crippen molar-refractivity contribution in [3.8, 4) is 5.82 Å². The molecule has 2 aliphatic rings. The Balaban J connectivity index is 1.64. The molecule has 1 aliphatic heterocycles. The molecule has 1 atom stereocenters. The van der Waals surface area contributed by atoms with Crippen LogP contribution in [0.2, 0.25) is 0 Å². The zero-order valence-electron chi connectivity index (χ0n) is 14.0. The molecule has 26 heavy (non-hydrogen) atoms. The predicted octanol–water partition coefficient (Wildman–Crippen LogP) is 1.32. The van der Waals surface area contributed by atoms with Crippen LogP contribution in [0, 0.1) is 0 Å². The molecule has 1 saturated carbocycles. The van der Waals surface area contributed by atoms with Crippen molar-refractivity contribution in [2.75, 3.05) is 5.32 Å². The second-order valence-electron chi connectivity index (χ2n) is 6.71. The number of nitrogens with zero attached hydrogens (tertiary/aromatic N) is 4. The van der Waals surface area contributed by atoms with E-state index in [0.29, 0.717) is 17.3 Å². The SMILES string of the molecule is O=C1NC(O)C/C1=C\c1cnn2c(NC3CC3)cc(-n3cccc3)nc12. The number of aliphatic hydroxyl groups is 1. The van der Waals surface area contributed by atoms with Crippen LogP contribution in [0.5, 0.6) is 0 Å². The molecule has 4 heterocycles. The molecule has 3 N–H and O–H groups in total. The normalized spacial score (nSPS) is 21.5. The Morgan fingerprint density at radius 1 is 1.31 bits per heavy atom. The lowest BCUT2D eigenvalue weighted by Crippen LogP contribution is -2.24. The third kappa shape index (κ3) is 2.64. The summed E-state index contributed by atoms with van der Waals surface area (Å²) in [7, 11) is 0. The number of amides is 1. The van der Waals surface area contributed by atoms with Gasteiger partial charge in [0.05, 0.1) is 6.20 Å². The number of hydrogen-bond acceptors (Lipinski definition) is 5. The third-order valence-corrected chi connectivity index (χ3v) is 4.62. The second kappa shape index (κ2) is 5.70. The standard InChI is InChI=1S/C18H18N6O2/c25-16-8-11(18(26)22-16)7-12-10-19-24-15(20-13-3-4-13)9-14(21-17(12)24)23-5-1-2-6-23/h1-2,5-7,9-10,13,16,20,25H,3-4,8H2,(H,22,26)/b11-7+. The van der Waals surface area contributed by atoms with Crippen LogP contribution in [0.25, 0.3) is 17.5 Å². The maximum atomic E-state index is 11.9. The molecule has 1 aliphatic carbocycles. The van der Waals surface area contributed by atoms with Gasteiger partial charge in [-0.15, -0.1) is 0 Å². The fraction of sp³-hybridized carbons (Fsp3) is 0.278. The first kappa shape index (κ1) is 15.2. The molecule has 0 radical (unpaired) electrons. The zero-order chi connectivity index (χ0) is 17.7. The number of hydrogen-bond donors (Lipinski definition) is 3. The summed E-state index contributed by atoms with van der Waals surface area (Å²) >= 11 is 0. The van der Waals surface area contributed by atoms with Gasteiger partial charge in [-0.3, -0.25) is 4.79 Å². The molecule has 3 aromatic heterocycles. The number of nitrogens with one attached hydrogen (secondary N) is 2. The number of anilines is 1. The number of aromatic nitrogens is 4. The fourth-order valence-corrected chi connectivity index (χ4v) is 3.14. The van der Waals surface area contributed by atoms with Crippen molar-refractivity contribution < 1.29 is 9.90 Å².